The number of carbonyl (C=O) groups excluding carboxylic acids is 1. The van der Waals surface area contributed by atoms with Crippen LogP contribution >= 0.6 is 11.8 Å². The van der Waals surface area contributed by atoms with Crippen molar-refractivity contribution in [1.29, 1.82) is 0 Å². The Morgan fingerprint density at radius 1 is 1.56 bits per heavy atom. The predicted molar refractivity (Wildman–Crippen MR) is 74.5 cm³/mol. The molecule has 2 N–H and O–H groups in total. The quantitative estimate of drug-likeness (QED) is 0.830. The summed E-state index contributed by atoms with van der Waals surface area (Å²) in [7, 11) is 1.52. The zero-order chi connectivity index (χ0) is 13.5. The van der Waals surface area contributed by atoms with Crippen molar-refractivity contribution in [1.82, 2.24) is 5.32 Å². The number of carbonyl (C=O) groups is 1. The molecule has 0 saturated heterocycles. The Morgan fingerprint density at radius 3 is 2.89 bits per heavy atom. The minimum atomic E-state index is -0.278. The van der Waals surface area contributed by atoms with Gasteiger partial charge in [-0.1, -0.05) is 6.92 Å². The van der Waals surface area contributed by atoms with Crippen LogP contribution in [0.3, 0.4) is 0 Å². The van der Waals surface area contributed by atoms with Crippen molar-refractivity contribution >= 4 is 17.7 Å². The number of methoxy groups -OCH3 is 1. The normalized spacial score (nSPS) is 11.9. The number of nitrogens with one attached hydrogen (secondary N) is 1. The van der Waals surface area contributed by atoms with Crippen molar-refractivity contribution < 1.29 is 14.6 Å². The van der Waals surface area contributed by atoms with Crippen LogP contribution in [0.15, 0.2) is 18.2 Å². The number of hydrogen-bond donors (Lipinski definition) is 2. The highest BCUT2D eigenvalue weighted by atomic mass is 32.2. The third-order valence-electron chi connectivity index (χ3n) is 2.51. The third-order valence-corrected chi connectivity index (χ3v) is 3.41. The largest absolute Gasteiger partial charge is 0.507 e. The number of aromatic hydroxyl groups is 1. The topological polar surface area (TPSA) is 58.6 Å². The molecule has 0 spiro atoms. The molecule has 1 aromatic carbocycles. The van der Waals surface area contributed by atoms with Crippen LogP contribution in [0.25, 0.3) is 0 Å². The lowest BCUT2D eigenvalue weighted by Crippen LogP contribution is -2.29. The highest BCUT2D eigenvalue weighted by Crippen LogP contribution is 2.22. The molecule has 18 heavy (non-hydrogen) atoms. The zero-order valence-corrected chi connectivity index (χ0v) is 11.7. The molecular formula is C13H19NO3S. The Hall–Kier alpha value is -1.36. The first-order chi connectivity index (χ1) is 8.58. The lowest BCUT2D eigenvalue weighted by Gasteiger charge is -2.12. The summed E-state index contributed by atoms with van der Waals surface area (Å²) in [5.74, 6) is 1.63. The van der Waals surface area contributed by atoms with Crippen molar-refractivity contribution in [2.75, 3.05) is 25.7 Å². The van der Waals surface area contributed by atoms with E-state index >= 15 is 0 Å². The molecule has 4 nitrogen and oxygen atoms in total. The highest BCUT2D eigenvalue weighted by molar-refractivity contribution is 7.98. The van der Waals surface area contributed by atoms with Crippen molar-refractivity contribution in [3.8, 4) is 11.5 Å². The van der Waals surface area contributed by atoms with E-state index < -0.39 is 0 Å². The van der Waals surface area contributed by atoms with Crippen LogP contribution in [0.1, 0.15) is 17.3 Å². The molecule has 0 aliphatic rings. The summed E-state index contributed by atoms with van der Waals surface area (Å²) in [6.07, 6.45) is 2.03. The van der Waals surface area contributed by atoms with E-state index in [0.29, 0.717) is 18.2 Å². The molecule has 0 heterocycles. The summed E-state index contributed by atoms with van der Waals surface area (Å²) in [6.45, 7) is 2.67. The number of rotatable bonds is 6. The van der Waals surface area contributed by atoms with Gasteiger partial charge in [0.15, 0.2) is 0 Å². The van der Waals surface area contributed by atoms with E-state index in [4.69, 9.17) is 4.74 Å². The Kier molecular flexibility index (Phi) is 5.85. The van der Waals surface area contributed by atoms with Gasteiger partial charge < -0.3 is 15.2 Å². The minimum Gasteiger partial charge on any atom is -0.507 e. The number of ether oxygens (including phenoxy) is 1. The zero-order valence-electron chi connectivity index (χ0n) is 10.9. The standard InChI is InChI=1S/C13H19NO3S/c1-9(8-18-3)7-14-13(16)11-6-10(17-2)4-5-12(11)15/h4-6,9,15H,7-8H2,1-3H3,(H,14,16). The molecule has 1 atom stereocenters. The first kappa shape index (κ1) is 14.7. The summed E-state index contributed by atoms with van der Waals surface area (Å²) in [5.41, 5.74) is 0.241. The lowest BCUT2D eigenvalue weighted by molar-refractivity contribution is 0.0946. The second-order valence-electron chi connectivity index (χ2n) is 4.15. The number of hydrogen-bond acceptors (Lipinski definition) is 4. The van der Waals surface area contributed by atoms with Crippen LogP contribution in [-0.4, -0.2) is 36.7 Å². The van der Waals surface area contributed by atoms with Gasteiger partial charge in [0.2, 0.25) is 0 Å². The maximum Gasteiger partial charge on any atom is 0.255 e. The predicted octanol–water partition coefficient (Wildman–Crippen LogP) is 2.13. The Labute approximate surface area is 112 Å². The Morgan fingerprint density at radius 2 is 2.28 bits per heavy atom. The number of thioether (sulfide) groups is 1. The number of phenolic OH excluding ortho intramolecular Hbond substituents is 1. The molecule has 0 aliphatic carbocycles. The number of amides is 1. The summed E-state index contributed by atoms with van der Waals surface area (Å²) in [6, 6.07) is 4.60. The molecular weight excluding hydrogens is 250 g/mol. The number of phenols is 1. The van der Waals surface area contributed by atoms with Crippen molar-refractivity contribution in [2.45, 2.75) is 6.92 Å². The molecule has 5 heteroatoms. The van der Waals surface area contributed by atoms with Crippen LogP contribution in [0, 0.1) is 5.92 Å². The summed E-state index contributed by atoms with van der Waals surface area (Å²) >= 11 is 1.75. The summed E-state index contributed by atoms with van der Waals surface area (Å²) in [4.78, 5) is 11.9. The highest BCUT2D eigenvalue weighted by Gasteiger charge is 2.13. The average molecular weight is 269 g/mol. The Bertz CT molecular complexity index is 409. The Balaban J connectivity index is 2.66. The van der Waals surface area contributed by atoms with E-state index in [0.717, 1.165) is 5.75 Å². The summed E-state index contributed by atoms with van der Waals surface area (Å²) < 4.78 is 5.03. The fourth-order valence-electron chi connectivity index (χ4n) is 1.53. The summed E-state index contributed by atoms with van der Waals surface area (Å²) in [5, 5.41) is 12.5. The SMILES string of the molecule is COc1ccc(O)c(C(=O)NCC(C)CSC)c1. The van der Waals surface area contributed by atoms with Gasteiger partial charge in [0, 0.05) is 6.54 Å². The van der Waals surface area contributed by atoms with Gasteiger partial charge in [-0.25, -0.2) is 0 Å². The molecule has 1 rings (SSSR count). The van der Waals surface area contributed by atoms with E-state index in [1.54, 1.807) is 17.8 Å². The van der Waals surface area contributed by atoms with Crippen LogP contribution in [0.4, 0.5) is 0 Å². The second kappa shape index (κ2) is 7.16. The fraction of sp³-hybridized carbons (Fsp3) is 0.462. The fourth-order valence-corrected chi connectivity index (χ4v) is 2.22. The van der Waals surface area contributed by atoms with Gasteiger partial charge in [-0.05, 0) is 36.1 Å². The van der Waals surface area contributed by atoms with Crippen molar-refractivity contribution in [3.63, 3.8) is 0 Å². The van der Waals surface area contributed by atoms with Crippen molar-refractivity contribution in [2.24, 2.45) is 5.92 Å². The van der Waals surface area contributed by atoms with Crippen LogP contribution < -0.4 is 10.1 Å². The van der Waals surface area contributed by atoms with E-state index in [1.807, 2.05) is 6.26 Å². The number of benzene rings is 1. The van der Waals surface area contributed by atoms with Gasteiger partial charge in [-0.3, -0.25) is 4.79 Å². The molecule has 0 aromatic heterocycles. The second-order valence-corrected chi connectivity index (χ2v) is 5.06. The molecule has 0 aliphatic heterocycles. The van der Waals surface area contributed by atoms with Crippen LogP contribution in [-0.2, 0) is 0 Å². The molecule has 0 saturated carbocycles. The van der Waals surface area contributed by atoms with Gasteiger partial charge in [-0.15, -0.1) is 0 Å². The molecule has 1 unspecified atom stereocenters. The molecule has 100 valence electrons. The van der Waals surface area contributed by atoms with Gasteiger partial charge in [0.1, 0.15) is 11.5 Å². The molecule has 1 amide bonds. The van der Waals surface area contributed by atoms with Gasteiger partial charge in [0.05, 0.1) is 12.7 Å². The average Bonchev–Trinajstić information content (AvgIpc) is 2.37. The lowest BCUT2D eigenvalue weighted by atomic mass is 10.1. The van der Waals surface area contributed by atoms with E-state index in [1.165, 1.54) is 19.2 Å². The van der Waals surface area contributed by atoms with E-state index in [9.17, 15) is 9.90 Å². The third kappa shape index (κ3) is 4.14. The van der Waals surface area contributed by atoms with Gasteiger partial charge in [-0.2, -0.15) is 11.8 Å². The first-order valence-corrected chi connectivity index (χ1v) is 7.12. The van der Waals surface area contributed by atoms with E-state index in [-0.39, 0.29) is 17.2 Å². The van der Waals surface area contributed by atoms with Gasteiger partial charge in [0.25, 0.3) is 5.91 Å². The van der Waals surface area contributed by atoms with Crippen LogP contribution in [0.2, 0.25) is 0 Å². The smallest absolute Gasteiger partial charge is 0.255 e. The monoisotopic (exact) mass is 269 g/mol. The van der Waals surface area contributed by atoms with Crippen LogP contribution in [0.5, 0.6) is 11.5 Å². The molecule has 0 radical (unpaired) electrons. The molecule has 0 fully saturated rings. The van der Waals surface area contributed by atoms with Crippen molar-refractivity contribution in [3.05, 3.63) is 23.8 Å². The first-order valence-electron chi connectivity index (χ1n) is 5.72. The maximum atomic E-state index is 11.9. The minimum absolute atomic E-state index is 0.0363. The molecule has 0 bridgehead atoms. The van der Waals surface area contributed by atoms with E-state index in [2.05, 4.69) is 12.2 Å². The van der Waals surface area contributed by atoms with Gasteiger partial charge >= 0.3 is 0 Å². The maximum absolute atomic E-state index is 11.9. The molecule has 1 aromatic rings.